The molecule has 6 heteroatoms. The van der Waals surface area contributed by atoms with Gasteiger partial charge in [-0.2, -0.15) is 0 Å². The van der Waals surface area contributed by atoms with Crippen molar-refractivity contribution in [1.82, 2.24) is 10.2 Å². The van der Waals surface area contributed by atoms with Gasteiger partial charge in [0.05, 0.1) is 12.6 Å². The summed E-state index contributed by atoms with van der Waals surface area (Å²) < 4.78 is 5.55. The lowest BCUT2D eigenvalue weighted by Gasteiger charge is -2.36. The Balaban J connectivity index is 1.28. The molecule has 1 atom stereocenters. The number of benzene rings is 1. The smallest absolute Gasteiger partial charge is 0.188 e. The van der Waals surface area contributed by atoms with Crippen molar-refractivity contribution in [2.75, 3.05) is 57.3 Å². The molecule has 0 spiro atoms. The maximum atomic E-state index is 5.93. The Kier molecular flexibility index (Phi) is 7.14. The summed E-state index contributed by atoms with van der Waals surface area (Å²) >= 11 is 0. The third-order valence-corrected chi connectivity index (χ3v) is 5.19. The summed E-state index contributed by atoms with van der Waals surface area (Å²) in [5.74, 6) is 0.546. The summed E-state index contributed by atoms with van der Waals surface area (Å²) in [6.07, 6.45) is 3.59. The Hall–Kier alpha value is -1.79. The number of aryl methyl sites for hydroxylation is 1. The summed E-state index contributed by atoms with van der Waals surface area (Å²) in [5.41, 5.74) is 8.61. The van der Waals surface area contributed by atoms with E-state index in [0.717, 1.165) is 65.1 Å². The molecule has 2 aliphatic rings. The van der Waals surface area contributed by atoms with Crippen LogP contribution in [0.2, 0.25) is 0 Å². The van der Waals surface area contributed by atoms with E-state index in [0.29, 0.717) is 12.5 Å². The van der Waals surface area contributed by atoms with Crippen molar-refractivity contribution in [3.63, 3.8) is 0 Å². The zero-order chi connectivity index (χ0) is 18.2. The molecule has 0 aromatic heterocycles. The van der Waals surface area contributed by atoms with Crippen molar-refractivity contribution in [1.29, 1.82) is 0 Å². The van der Waals surface area contributed by atoms with Crippen molar-refractivity contribution in [2.24, 2.45) is 10.7 Å². The lowest BCUT2D eigenvalue weighted by atomic mass is 10.2. The first-order chi connectivity index (χ1) is 12.7. The van der Waals surface area contributed by atoms with E-state index in [1.807, 2.05) is 0 Å². The number of ether oxygens (including phenoxy) is 1. The molecule has 2 aliphatic heterocycles. The number of nitrogens with one attached hydrogen (secondary N) is 1. The van der Waals surface area contributed by atoms with Crippen LogP contribution in [0.15, 0.2) is 29.3 Å². The van der Waals surface area contributed by atoms with E-state index < -0.39 is 0 Å². The molecule has 1 unspecified atom stereocenters. The quantitative estimate of drug-likeness (QED) is 0.440. The van der Waals surface area contributed by atoms with E-state index >= 15 is 0 Å². The van der Waals surface area contributed by atoms with Crippen molar-refractivity contribution < 1.29 is 4.74 Å². The van der Waals surface area contributed by atoms with Gasteiger partial charge in [-0.1, -0.05) is 12.1 Å². The zero-order valence-corrected chi connectivity index (χ0v) is 16.0. The molecular formula is C20H33N5O. The van der Waals surface area contributed by atoms with Gasteiger partial charge in [0.25, 0.3) is 0 Å². The van der Waals surface area contributed by atoms with E-state index in [2.05, 4.69) is 51.3 Å². The minimum absolute atomic E-state index is 0.264. The van der Waals surface area contributed by atoms with Gasteiger partial charge in [0.2, 0.25) is 0 Å². The number of nitrogens with zero attached hydrogens (tertiary/aromatic N) is 3. The summed E-state index contributed by atoms with van der Waals surface area (Å²) in [7, 11) is 0. The maximum absolute atomic E-state index is 5.93. The molecule has 0 saturated carbocycles. The molecule has 0 aliphatic carbocycles. The fourth-order valence-electron chi connectivity index (χ4n) is 3.62. The van der Waals surface area contributed by atoms with Gasteiger partial charge in [-0.15, -0.1) is 0 Å². The van der Waals surface area contributed by atoms with Crippen LogP contribution < -0.4 is 16.0 Å². The molecule has 3 N–H and O–H groups in total. The Labute approximate surface area is 157 Å². The highest BCUT2D eigenvalue weighted by Gasteiger charge is 2.17. The Morgan fingerprint density at radius 2 is 2.15 bits per heavy atom. The van der Waals surface area contributed by atoms with E-state index in [4.69, 9.17) is 10.5 Å². The predicted octanol–water partition coefficient (Wildman–Crippen LogP) is 1.59. The highest BCUT2D eigenvalue weighted by molar-refractivity contribution is 5.77. The molecule has 0 amide bonds. The molecule has 26 heavy (non-hydrogen) atoms. The number of anilines is 1. The van der Waals surface area contributed by atoms with E-state index in [-0.39, 0.29) is 6.10 Å². The van der Waals surface area contributed by atoms with E-state index in [1.54, 1.807) is 0 Å². The zero-order valence-electron chi connectivity index (χ0n) is 16.0. The fraction of sp³-hybridized carbons (Fsp3) is 0.650. The van der Waals surface area contributed by atoms with E-state index in [1.165, 1.54) is 11.3 Å². The summed E-state index contributed by atoms with van der Waals surface area (Å²) in [6.45, 7) is 10.1. The molecule has 144 valence electrons. The number of guanidine groups is 1. The average molecular weight is 360 g/mol. The second-order valence-electron chi connectivity index (χ2n) is 7.31. The second kappa shape index (κ2) is 9.78. The summed E-state index contributed by atoms with van der Waals surface area (Å²) in [4.78, 5) is 9.40. The third-order valence-electron chi connectivity index (χ3n) is 5.19. The number of hydrogen-bond donors (Lipinski definition) is 2. The van der Waals surface area contributed by atoms with Crippen molar-refractivity contribution >= 4 is 11.6 Å². The first-order valence-corrected chi connectivity index (χ1v) is 9.90. The standard InChI is InChI=1S/C20H33N5O/c1-17-5-2-6-18(15-17)25-12-10-24(11-13-25)9-4-8-22-20(21)23-16-19-7-3-14-26-19/h2,5-6,15,19H,3-4,7-14,16H2,1H3,(H3,21,22,23). The first kappa shape index (κ1) is 19.0. The Bertz CT molecular complexity index is 577. The molecule has 0 radical (unpaired) electrons. The van der Waals surface area contributed by atoms with E-state index in [9.17, 15) is 0 Å². The predicted molar refractivity (Wildman–Crippen MR) is 108 cm³/mol. The number of nitrogens with two attached hydrogens (primary N) is 1. The second-order valence-corrected chi connectivity index (χ2v) is 7.31. The minimum atomic E-state index is 0.264. The molecular weight excluding hydrogens is 326 g/mol. The van der Waals surface area contributed by atoms with Crippen LogP contribution in [0.3, 0.4) is 0 Å². The van der Waals surface area contributed by atoms with Crippen LogP contribution in [0.4, 0.5) is 5.69 Å². The average Bonchev–Trinajstić information content (AvgIpc) is 3.18. The van der Waals surface area contributed by atoms with Crippen molar-refractivity contribution in [3.8, 4) is 0 Å². The molecule has 6 nitrogen and oxygen atoms in total. The lowest BCUT2D eigenvalue weighted by Crippen LogP contribution is -2.47. The van der Waals surface area contributed by atoms with Gasteiger partial charge in [0.15, 0.2) is 5.96 Å². The van der Waals surface area contributed by atoms with Gasteiger partial charge in [-0.3, -0.25) is 9.89 Å². The van der Waals surface area contributed by atoms with Gasteiger partial charge in [-0.05, 0) is 50.4 Å². The molecule has 2 heterocycles. The summed E-state index contributed by atoms with van der Waals surface area (Å²) in [6, 6.07) is 8.79. The topological polar surface area (TPSA) is 66.1 Å². The molecule has 3 rings (SSSR count). The highest BCUT2D eigenvalue weighted by atomic mass is 16.5. The molecule has 2 saturated heterocycles. The van der Waals surface area contributed by atoms with Gasteiger partial charge in [0.1, 0.15) is 0 Å². The van der Waals surface area contributed by atoms with Crippen LogP contribution in [0.1, 0.15) is 24.8 Å². The number of piperazine rings is 1. The fourth-order valence-corrected chi connectivity index (χ4v) is 3.62. The lowest BCUT2D eigenvalue weighted by molar-refractivity contribution is 0.118. The molecule has 0 bridgehead atoms. The highest BCUT2D eigenvalue weighted by Crippen LogP contribution is 2.17. The van der Waals surface area contributed by atoms with Gasteiger partial charge in [-0.25, -0.2) is 0 Å². The Morgan fingerprint density at radius 3 is 2.88 bits per heavy atom. The molecule has 1 aromatic rings. The Morgan fingerprint density at radius 1 is 1.31 bits per heavy atom. The van der Waals surface area contributed by atoms with Gasteiger partial charge < -0.3 is 20.7 Å². The molecule has 2 fully saturated rings. The largest absolute Gasteiger partial charge is 0.376 e. The minimum Gasteiger partial charge on any atom is -0.376 e. The SMILES string of the molecule is Cc1cccc(N2CCN(CCCNC(N)=NCC3CCCO3)CC2)c1. The monoisotopic (exact) mass is 359 g/mol. The number of hydrogen-bond acceptors (Lipinski definition) is 4. The van der Waals surface area contributed by atoms with Crippen LogP contribution in [0.5, 0.6) is 0 Å². The van der Waals surface area contributed by atoms with Crippen LogP contribution >= 0.6 is 0 Å². The van der Waals surface area contributed by atoms with Crippen LogP contribution in [0, 0.1) is 6.92 Å². The summed E-state index contributed by atoms with van der Waals surface area (Å²) in [5, 5.41) is 3.22. The van der Waals surface area contributed by atoms with Crippen LogP contribution in [0.25, 0.3) is 0 Å². The third kappa shape index (κ3) is 5.88. The molecule has 1 aromatic carbocycles. The van der Waals surface area contributed by atoms with Crippen molar-refractivity contribution in [3.05, 3.63) is 29.8 Å². The first-order valence-electron chi connectivity index (χ1n) is 9.90. The normalized spacial score (nSPS) is 22.0. The maximum Gasteiger partial charge on any atom is 0.188 e. The van der Waals surface area contributed by atoms with Gasteiger partial charge >= 0.3 is 0 Å². The number of rotatable bonds is 7. The van der Waals surface area contributed by atoms with Crippen molar-refractivity contribution in [2.45, 2.75) is 32.3 Å². The van der Waals surface area contributed by atoms with Crippen LogP contribution in [-0.4, -0.2) is 69.4 Å². The number of aliphatic imine (C=N–C) groups is 1. The van der Waals surface area contributed by atoms with Crippen LogP contribution in [-0.2, 0) is 4.74 Å². The van der Waals surface area contributed by atoms with Gasteiger partial charge in [0, 0.05) is 45.0 Å².